The van der Waals surface area contributed by atoms with Crippen LogP contribution in [0.25, 0.3) is 10.2 Å². The van der Waals surface area contributed by atoms with Gasteiger partial charge < -0.3 is 10.4 Å². The predicted molar refractivity (Wildman–Crippen MR) is 114 cm³/mol. The normalized spacial score (nSPS) is 13.5. The van der Waals surface area contributed by atoms with Gasteiger partial charge >= 0.3 is 0 Å². The summed E-state index contributed by atoms with van der Waals surface area (Å²) < 4.78 is 0.957. The summed E-state index contributed by atoms with van der Waals surface area (Å²) in [7, 11) is 0. The van der Waals surface area contributed by atoms with Crippen molar-refractivity contribution in [2.24, 2.45) is 0 Å². The zero-order valence-corrected chi connectivity index (χ0v) is 17.8. The average molecular weight is 421 g/mol. The molecule has 1 aromatic heterocycles. The SMILES string of the molecule is Cc1cccc(C(C)(Sc2nc3cc(Cl)ccc3s2)C(=O)NCCO)c1C. The smallest absolute Gasteiger partial charge is 0.241 e. The van der Waals surface area contributed by atoms with Gasteiger partial charge in [0.25, 0.3) is 0 Å². The van der Waals surface area contributed by atoms with Crippen LogP contribution < -0.4 is 5.32 Å². The number of nitrogens with one attached hydrogen (secondary N) is 1. The van der Waals surface area contributed by atoms with Gasteiger partial charge in [-0.2, -0.15) is 0 Å². The molecule has 1 amide bonds. The largest absolute Gasteiger partial charge is 0.395 e. The Balaban J connectivity index is 2.05. The highest BCUT2D eigenvalue weighted by Gasteiger charge is 2.38. The van der Waals surface area contributed by atoms with Crippen molar-refractivity contribution < 1.29 is 9.90 Å². The number of thioether (sulfide) groups is 1. The van der Waals surface area contributed by atoms with E-state index in [1.54, 1.807) is 11.3 Å². The molecule has 7 heteroatoms. The number of nitrogens with zero attached hydrogens (tertiary/aromatic N) is 1. The van der Waals surface area contributed by atoms with Gasteiger partial charge in [-0.3, -0.25) is 4.79 Å². The van der Waals surface area contributed by atoms with E-state index in [9.17, 15) is 4.79 Å². The molecular weight excluding hydrogens is 400 g/mol. The zero-order chi connectivity index (χ0) is 19.6. The number of amides is 1. The van der Waals surface area contributed by atoms with Gasteiger partial charge in [0.1, 0.15) is 4.75 Å². The van der Waals surface area contributed by atoms with Crippen LogP contribution in [0.1, 0.15) is 23.6 Å². The molecule has 27 heavy (non-hydrogen) atoms. The molecule has 0 bridgehead atoms. The number of aliphatic hydroxyl groups is 1. The predicted octanol–water partition coefficient (Wildman–Crippen LogP) is 4.68. The lowest BCUT2D eigenvalue weighted by Crippen LogP contribution is -2.41. The molecule has 2 aromatic carbocycles. The molecule has 3 aromatic rings. The fraction of sp³-hybridized carbons (Fsp3) is 0.300. The molecule has 0 aliphatic carbocycles. The molecule has 0 aliphatic heterocycles. The zero-order valence-electron chi connectivity index (χ0n) is 15.4. The highest BCUT2D eigenvalue weighted by Crippen LogP contribution is 2.45. The average Bonchev–Trinajstić information content (AvgIpc) is 3.02. The summed E-state index contributed by atoms with van der Waals surface area (Å²) in [5.41, 5.74) is 3.98. The molecule has 1 heterocycles. The molecule has 4 nitrogen and oxygen atoms in total. The topological polar surface area (TPSA) is 62.2 Å². The van der Waals surface area contributed by atoms with Gasteiger partial charge in [-0.25, -0.2) is 4.98 Å². The maximum atomic E-state index is 13.1. The first kappa shape index (κ1) is 20.1. The van der Waals surface area contributed by atoms with Crippen LogP contribution in [0, 0.1) is 13.8 Å². The summed E-state index contributed by atoms with van der Waals surface area (Å²) in [6, 6.07) is 11.6. The van der Waals surface area contributed by atoms with Crippen LogP contribution >= 0.6 is 34.7 Å². The lowest BCUT2D eigenvalue weighted by Gasteiger charge is -2.29. The van der Waals surface area contributed by atoms with E-state index in [1.165, 1.54) is 11.8 Å². The number of aromatic nitrogens is 1. The molecule has 142 valence electrons. The molecule has 0 radical (unpaired) electrons. The van der Waals surface area contributed by atoms with Crippen LogP contribution in [0.4, 0.5) is 0 Å². The number of aryl methyl sites for hydroxylation is 1. The number of carbonyl (C=O) groups is 1. The van der Waals surface area contributed by atoms with Gasteiger partial charge in [-0.1, -0.05) is 41.6 Å². The molecule has 1 unspecified atom stereocenters. The molecule has 0 spiro atoms. The van der Waals surface area contributed by atoms with Crippen molar-refractivity contribution in [2.75, 3.05) is 13.2 Å². The Morgan fingerprint density at radius 1 is 1.33 bits per heavy atom. The Kier molecular flexibility index (Phi) is 6.11. The van der Waals surface area contributed by atoms with Crippen molar-refractivity contribution in [2.45, 2.75) is 29.9 Å². The van der Waals surface area contributed by atoms with E-state index in [-0.39, 0.29) is 19.1 Å². The number of benzene rings is 2. The minimum Gasteiger partial charge on any atom is -0.395 e. The van der Waals surface area contributed by atoms with Gasteiger partial charge in [0.15, 0.2) is 4.34 Å². The van der Waals surface area contributed by atoms with Gasteiger partial charge in [0.2, 0.25) is 5.91 Å². The lowest BCUT2D eigenvalue weighted by atomic mass is 9.92. The third kappa shape index (κ3) is 4.14. The van der Waals surface area contributed by atoms with Gasteiger partial charge in [-0.05, 0) is 55.7 Å². The van der Waals surface area contributed by atoms with Crippen LogP contribution in [0.5, 0.6) is 0 Å². The minimum absolute atomic E-state index is 0.0983. The first-order valence-corrected chi connectivity index (χ1v) is 10.6. The van der Waals surface area contributed by atoms with E-state index in [0.29, 0.717) is 5.02 Å². The number of aliphatic hydroxyl groups excluding tert-OH is 1. The molecule has 1 atom stereocenters. The van der Waals surface area contributed by atoms with E-state index < -0.39 is 4.75 Å². The maximum absolute atomic E-state index is 13.1. The number of halogens is 1. The second-order valence-electron chi connectivity index (χ2n) is 6.45. The fourth-order valence-corrected chi connectivity index (χ4v) is 5.70. The van der Waals surface area contributed by atoms with Crippen LogP contribution in [0.3, 0.4) is 0 Å². The van der Waals surface area contributed by atoms with Crippen LogP contribution in [0.2, 0.25) is 5.02 Å². The number of hydrogen-bond donors (Lipinski definition) is 2. The van der Waals surface area contributed by atoms with E-state index >= 15 is 0 Å². The lowest BCUT2D eigenvalue weighted by molar-refractivity contribution is -0.123. The number of fused-ring (bicyclic) bond motifs is 1. The summed E-state index contributed by atoms with van der Waals surface area (Å²) in [4.78, 5) is 17.7. The Bertz CT molecular complexity index is 989. The van der Waals surface area contributed by atoms with Gasteiger partial charge in [0, 0.05) is 11.6 Å². The van der Waals surface area contributed by atoms with Crippen molar-refractivity contribution in [3.8, 4) is 0 Å². The fourth-order valence-electron chi connectivity index (χ4n) is 2.93. The van der Waals surface area contributed by atoms with Crippen LogP contribution in [-0.2, 0) is 9.54 Å². The number of hydrogen-bond acceptors (Lipinski definition) is 5. The van der Waals surface area contributed by atoms with E-state index in [4.69, 9.17) is 16.7 Å². The molecule has 0 aliphatic rings. The Morgan fingerprint density at radius 3 is 2.85 bits per heavy atom. The second kappa shape index (κ2) is 8.19. The molecule has 0 saturated heterocycles. The Hall–Kier alpha value is -1.60. The van der Waals surface area contributed by atoms with Crippen LogP contribution in [0.15, 0.2) is 40.7 Å². The van der Waals surface area contributed by atoms with Crippen molar-refractivity contribution in [1.29, 1.82) is 0 Å². The number of rotatable bonds is 6. The first-order chi connectivity index (χ1) is 12.8. The quantitative estimate of drug-likeness (QED) is 0.568. The molecule has 0 fully saturated rings. The summed E-state index contributed by atoms with van der Waals surface area (Å²) in [5.74, 6) is -0.146. The molecular formula is C20H21ClN2O2S2. The second-order valence-corrected chi connectivity index (χ2v) is 9.59. The van der Waals surface area contributed by atoms with Crippen molar-refractivity contribution >= 4 is 50.8 Å². The Morgan fingerprint density at radius 2 is 2.11 bits per heavy atom. The summed E-state index contributed by atoms with van der Waals surface area (Å²) in [6.07, 6.45) is 0. The van der Waals surface area contributed by atoms with Crippen molar-refractivity contribution in [1.82, 2.24) is 10.3 Å². The Labute approximate surface area is 172 Å². The summed E-state index contributed by atoms with van der Waals surface area (Å²) in [6.45, 7) is 6.09. The first-order valence-electron chi connectivity index (χ1n) is 8.56. The molecule has 0 saturated carbocycles. The third-order valence-corrected chi connectivity index (χ3v) is 7.22. The van der Waals surface area contributed by atoms with E-state index in [2.05, 4.69) is 10.3 Å². The summed E-state index contributed by atoms with van der Waals surface area (Å²) >= 11 is 9.04. The van der Waals surface area contributed by atoms with Crippen molar-refractivity contribution in [3.05, 3.63) is 58.1 Å². The van der Waals surface area contributed by atoms with Gasteiger partial charge in [0.05, 0.1) is 16.8 Å². The molecule has 3 rings (SSSR count). The van der Waals surface area contributed by atoms with Crippen LogP contribution in [-0.4, -0.2) is 29.1 Å². The minimum atomic E-state index is -0.872. The maximum Gasteiger partial charge on any atom is 0.241 e. The highest BCUT2D eigenvalue weighted by molar-refractivity contribution is 8.02. The highest BCUT2D eigenvalue weighted by atomic mass is 35.5. The monoisotopic (exact) mass is 420 g/mol. The van der Waals surface area contributed by atoms with E-state index in [1.807, 2.05) is 57.2 Å². The standard InChI is InChI=1S/C20H21ClN2O2S2/c1-12-5-4-6-15(13(12)2)20(3,18(25)22-9-10-24)27-19-23-16-11-14(21)7-8-17(16)26-19/h4-8,11,24H,9-10H2,1-3H3,(H,22,25). The van der Waals surface area contributed by atoms with Crippen molar-refractivity contribution in [3.63, 3.8) is 0 Å². The molecule has 2 N–H and O–H groups in total. The number of carbonyl (C=O) groups excluding carboxylic acids is 1. The van der Waals surface area contributed by atoms with E-state index in [0.717, 1.165) is 31.2 Å². The third-order valence-electron chi connectivity index (χ3n) is 4.57. The van der Waals surface area contributed by atoms with Gasteiger partial charge in [-0.15, -0.1) is 11.3 Å². The number of thiazole rings is 1. The summed E-state index contributed by atoms with van der Waals surface area (Å²) in [5, 5.41) is 12.6.